The monoisotopic (exact) mass is 382 g/mol. The molecule has 1 amide bonds. The van der Waals surface area contributed by atoms with Gasteiger partial charge in [-0.25, -0.2) is 13.6 Å². The summed E-state index contributed by atoms with van der Waals surface area (Å²) in [6, 6.07) is 4.12. The number of hydrogen-bond acceptors (Lipinski definition) is 4. The van der Waals surface area contributed by atoms with Gasteiger partial charge in [0.05, 0.1) is 4.90 Å². The number of amides is 1. The number of carbonyl (C=O) groups excluding carboxylic acids is 1. The van der Waals surface area contributed by atoms with E-state index < -0.39 is 26.7 Å². The molecule has 1 aromatic rings. The standard InChI is InChI=1S/C11H15BrN2O4S2/c1-2-19(16)6-5-14-11(15)8-3-4-9(12)10(7-8)20(13,17)18/h3-4,7H,2,5-6H2,1H3,(H,14,15)(H2,13,17,18). The number of benzene rings is 1. The number of nitrogens with two attached hydrogens (primary N) is 1. The zero-order chi connectivity index (χ0) is 15.3. The van der Waals surface area contributed by atoms with E-state index in [4.69, 9.17) is 5.14 Å². The molecular formula is C11H15BrN2O4S2. The highest BCUT2D eigenvalue weighted by atomic mass is 79.9. The van der Waals surface area contributed by atoms with E-state index in [1.807, 2.05) is 0 Å². The van der Waals surface area contributed by atoms with Crippen molar-refractivity contribution < 1.29 is 17.4 Å². The van der Waals surface area contributed by atoms with Gasteiger partial charge < -0.3 is 5.32 Å². The second-order valence-corrected chi connectivity index (χ2v) is 8.13. The number of rotatable bonds is 6. The van der Waals surface area contributed by atoms with E-state index in [-0.39, 0.29) is 17.0 Å². The lowest BCUT2D eigenvalue weighted by atomic mass is 10.2. The van der Waals surface area contributed by atoms with Crippen LogP contribution in [0.2, 0.25) is 0 Å². The largest absolute Gasteiger partial charge is 0.351 e. The van der Waals surface area contributed by atoms with Gasteiger partial charge in [0.2, 0.25) is 10.0 Å². The van der Waals surface area contributed by atoms with Crippen LogP contribution in [0, 0.1) is 0 Å². The first-order valence-corrected chi connectivity index (χ1v) is 9.54. The van der Waals surface area contributed by atoms with Crippen LogP contribution in [0.5, 0.6) is 0 Å². The summed E-state index contributed by atoms with van der Waals surface area (Å²) in [5.74, 6) is 0.459. The smallest absolute Gasteiger partial charge is 0.251 e. The Morgan fingerprint density at radius 2 is 2.10 bits per heavy atom. The summed E-state index contributed by atoms with van der Waals surface area (Å²) in [4.78, 5) is 11.7. The van der Waals surface area contributed by atoms with Crippen LogP contribution in [-0.2, 0) is 20.8 Å². The van der Waals surface area contributed by atoms with Crippen molar-refractivity contribution in [1.82, 2.24) is 5.32 Å². The number of nitrogens with one attached hydrogen (secondary N) is 1. The predicted molar refractivity (Wildman–Crippen MR) is 81.4 cm³/mol. The predicted octanol–water partition coefficient (Wildman–Crippen LogP) is 0.595. The molecule has 0 aliphatic heterocycles. The average Bonchev–Trinajstić information content (AvgIpc) is 2.37. The maximum Gasteiger partial charge on any atom is 0.251 e. The van der Waals surface area contributed by atoms with Crippen molar-refractivity contribution in [2.45, 2.75) is 11.8 Å². The summed E-state index contributed by atoms with van der Waals surface area (Å²) in [6.45, 7) is 2.06. The van der Waals surface area contributed by atoms with Gasteiger partial charge in [-0.3, -0.25) is 9.00 Å². The van der Waals surface area contributed by atoms with Gasteiger partial charge in [0.1, 0.15) is 0 Å². The van der Waals surface area contributed by atoms with Crippen molar-refractivity contribution in [1.29, 1.82) is 0 Å². The first-order chi connectivity index (χ1) is 9.25. The summed E-state index contributed by atoms with van der Waals surface area (Å²) < 4.78 is 34.2. The second-order valence-electron chi connectivity index (χ2n) is 3.88. The summed E-state index contributed by atoms with van der Waals surface area (Å²) in [7, 11) is -4.86. The van der Waals surface area contributed by atoms with Gasteiger partial charge in [0, 0.05) is 38.9 Å². The van der Waals surface area contributed by atoms with E-state index in [1.165, 1.54) is 18.2 Å². The van der Waals surface area contributed by atoms with Gasteiger partial charge in [0.25, 0.3) is 5.91 Å². The second kappa shape index (κ2) is 7.30. The molecule has 0 saturated heterocycles. The molecule has 1 unspecified atom stereocenters. The lowest BCUT2D eigenvalue weighted by molar-refractivity contribution is 0.0956. The van der Waals surface area contributed by atoms with Gasteiger partial charge >= 0.3 is 0 Å². The van der Waals surface area contributed by atoms with Gasteiger partial charge in [-0.05, 0) is 34.1 Å². The molecule has 0 aliphatic rings. The third-order valence-electron chi connectivity index (χ3n) is 2.44. The molecule has 1 aromatic carbocycles. The zero-order valence-electron chi connectivity index (χ0n) is 10.8. The Hall–Kier alpha value is -0.770. The lowest BCUT2D eigenvalue weighted by Crippen LogP contribution is -2.28. The molecule has 9 heteroatoms. The molecule has 20 heavy (non-hydrogen) atoms. The minimum absolute atomic E-state index is 0.151. The molecule has 0 radical (unpaired) electrons. The maximum atomic E-state index is 11.8. The molecule has 112 valence electrons. The van der Waals surface area contributed by atoms with E-state index in [1.54, 1.807) is 6.92 Å². The minimum Gasteiger partial charge on any atom is -0.351 e. The number of primary sulfonamides is 1. The fourth-order valence-corrected chi connectivity index (χ4v) is 3.56. The highest BCUT2D eigenvalue weighted by Crippen LogP contribution is 2.21. The lowest BCUT2D eigenvalue weighted by Gasteiger charge is -2.07. The van der Waals surface area contributed by atoms with E-state index in [0.29, 0.717) is 16.0 Å². The van der Waals surface area contributed by atoms with Crippen molar-refractivity contribution in [3.05, 3.63) is 28.2 Å². The molecule has 0 saturated carbocycles. The summed E-state index contributed by atoms with van der Waals surface area (Å²) >= 11 is 3.07. The van der Waals surface area contributed by atoms with Crippen LogP contribution in [0.4, 0.5) is 0 Å². The van der Waals surface area contributed by atoms with Crippen molar-refractivity contribution in [3.63, 3.8) is 0 Å². The van der Waals surface area contributed by atoms with Gasteiger partial charge in [-0.1, -0.05) is 6.92 Å². The van der Waals surface area contributed by atoms with Crippen LogP contribution in [0.3, 0.4) is 0 Å². The van der Waals surface area contributed by atoms with E-state index in [0.717, 1.165) is 0 Å². The van der Waals surface area contributed by atoms with Crippen molar-refractivity contribution >= 4 is 42.7 Å². The van der Waals surface area contributed by atoms with Crippen molar-refractivity contribution in [2.24, 2.45) is 5.14 Å². The minimum atomic E-state index is -3.90. The Kier molecular flexibility index (Phi) is 6.31. The van der Waals surface area contributed by atoms with E-state index in [9.17, 15) is 17.4 Å². The molecular weight excluding hydrogens is 368 g/mol. The van der Waals surface area contributed by atoms with Gasteiger partial charge in [-0.15, -0.1) is 0 Å². The fourth-order valence-electron chi connectivity index (χ4n) is 1.39. The van der Waals surface area contributed by atoms with Crippen LogP contribution in [0.25, 0.3) is 0 Å². The molecule has 3 N–H and O–H groups in total. The highest BCUT2D eigenvalue weighted by molar-refractivity contribution is 9.10. The number of halogens is 1. The van der Waals surface area contributed by atoms with Gasteiger partial charge in [-0.2, -0.15) is 0 Å². The van der Waals surface area contributed by atoms with E-state index >= 15 is 0 Å². The third-order valence-corrected chi connectivity index (χ3v) is 5.65. The zero-order valence-corrected chi connectivity index (χ0v) is 14.0. The van der Waals surface area contributed by atoms with Crippen molar-refractivity contribution in [2.75, 3.05) is 18.1 Å². The molecule has 0 heterocycles. The number of sulfonamides is 1. The Morgan fingerprint density at radius 1 is 1.45 bits per heavy atom. The molecule has 6 nitrogen and oxygen atoms in total. The molecule has 0 aliphatic carbocycles. The SMILES string of the molecule is CCS(=O)CCNC(=O)c1ccc(Br)c(S(N)(=O)=O)c1. The Bertz CT molecular complexity index is 631. The van der Waals surface area contributed by atoms with Crippen LogP contribution in [0.1, 0.15) is 17.3 Å². The van der Waals surface area contributed by atoms with Crippen LogP contribution < -0.4 is 10.5 Å². The van der Waals surface area contributed by atoms with Crippen LogP contribution >= 0.6 is 15.9 Å². The van der Waals surface area contributed by atoms with Crippen LogP contribution in [0.15, 0.2) is 27.6 Å². The van der Waals surface area contributed by atoms with Crippen molar-refractivity contribution in [3.8, 4) is 0 Å². The number of carbonyl (C=O) groups is 1. The molecule has 0 bridgehead atoms. The third kappa shape index (κ3) is 4.97. The first kappa shape index (κ1) is 17.3. The molecule has 1 rings (SSSR count). The Balaban J connectivity index is 2.82. The molecule has 1 atom stereocenters. The summed E-state index contributed by atoms with van der Waals surface area (Å²) in [6.07, 6.45) is 0. The summed E-state index contributed by atoms with van der Waals surface area (Å²) in [5, 5.41) is 7.63. The summed E-state index contributed by atoms with van der Waals surface area (Å²) in [5.41, 5.74) is 0.180. The van der Waals surface area contributed by atoms with Gasteiger partial charge in [0.15, 0.2) is 0 Å². The highest BCUT2D eigenvalue weighted by Gasteiger charge is 2.16. The van der Waals surface area contributed by atoms with Crippen LogP contribution in [-0.4, -0.2) is 36.6 Å². The Labute approximate surface area is 128 Å². The fraction of sp³-hybridized carbons (Fsp3) is 0.364. The molecule has 0 spiro atoms. The quantitative estimate of drug-likeness (QED) is 0.750. The molecule has 0 aromatic heterocycles. The maximum absolute atomic E-state index is 11.8. The number of hydrogen-bond donors (Lipinski definition) is 2. The van der Waals surface area contributed by atoms with E-state index in [2.05, 4.69) is 21.2 Å². The average molecular weight is 383 g/mol. The normalized spacial score (nSPS) is 12.9. The Morgan fingerprint density at radius 3 is 2.65 bits per heavy atom. The first-order valence-electron chi connectivity index (χ1n) is 5.71. The molecule has 0 fully saturated rings. The topological polar surface area (TPSA) is 106 Å².